The molecule has 10 heteroatoms. The highest BCUT2D eigenvalue weighted by atomic mass is 35.5. The van der Waals surface area contributed by atoms with Crippen LogP contribution in [0, 0.1) is 0 Å². The largest absolute Gasteiger partial charge is 0.497 e. The Labute approximate surface area is 251 Å². The summed E-state index contributed by atoms with van der Waals surface area (Å²) in [5.41, 5.74) is 3.26. The topological polar surface area (TPSA) is 91.0 Å². The quantitative estimate of drug-likeness (QED) is 0.245. The Balaban J connectivity index is 1.41. The smallest absolute Gasteiger partial charge is 0.255 e. The Kier molecular flexibility index (Phi) is 9.01. The van der Waals surface area contributed by atoms with Gasteiger partial charge in [0, 0.05) is 54.2 Å². The molecule has 1 aliphatic heterocycles. The standard InChI is InChI=1S/C32H33ClN4O4S/c1-23(24-7-4-3-5-8-24)35-42(39,40)31-22-27(34-32(38)25-9-6-10-26(33)21-25)11-16-30(31)37-19-17-36(18-20-37)28-12-14-29(41-2)15-13-28/h3-16,21-23,35H,17-20H2,1-2H3,(H,34,38)/t23-/m0/s1. The Morgan fingerprint density at radius 1 is 0.857 bits per heavy atom. The molecular formula is C32H33ClN4O4S. The van der Waals surface area contributed by atoms with Crippen LogP contribution in [0.3, 0.4) is 0 Å². The minimum atomic E-state index is -3.98. The summed E-state index contributed by atoms with van der Waals surface area (Å²) in [5.74, 6) is 0.416. The molecule has 0 saturated carbocycles. The Hall–Kier alpha value is -4.05. The second-order valence-electron chi connectivity index (χ2n) is 10.1. The highest BCUT2D eigenvalue weighted by Crippen LogP contribution is 2.32. The lowest BCUT2D eigenvalue weighted by Crippen LogP contribution is -2.47. The van der Waals surface area contributed by atoms with Crippen molar-refractivity contribution < 1.29 is 17.9 Å². The molecule has 2 N–H and O–H groups in total. The number of anilines is 3. The summed E-state index contributed by atoms with van der Waals surface area (Å²) in [6.45, 7) is 4.48. The fraction of sp³-hybridized carbons (Fsp3) is 0.219. The number of benzene rings is 4. The zero-order valence-corrected chi connectivity index (χ0v) is 25.0. The number of halogens is 1. The van der Waals surface area contributed by atoms with E-state index in [1.165, 1.54) is 6.07 Å². The molecule has 4 aromatic carbocycles. The Morgan fingerprint density at radius 3 is 2.21 bits per heavy atom. The maximum absolute atomic E-state index is 13.9. The van der Waals surface area contributed by atoms with Gasteiger partial charge in [-0.1, -0.05) is 48.0 Å². The number of hydrogen-bond donors (Lipinski definition) is 2. The number of sulfonamides is 1. The maximum Gasteiger partial charge on any atom is 0.255 e. The summed E-state index contributed by atoms with van der Waals surface area (Å²) in [4.78, 5) is 17.4. The van der Waals surface area contributed by atoms with Crippen molar-refractivity contribution in [2.75, 3.05) is 48.4 Å². The number of nitrogens with zero attached hydrogens (tertiary/aromatic N) is 2. The summed E-state index contributed by atoms with van der Waals surface area (Å²) < 4.78 is 35.9. The van der Waals surface area contributed by atoms with E-state index in [1.54, 1.807) is 43.5 Å². The minimum absolute atomic E-state index is 0.104. The van der Waals surface area contributed by atoms with Crippen molar-refractivity contribution in [3.05, 3.63) is 113 Å². The molecule has 42 heavy (non-hydrogen) atoms. The van der Waals surface area contributed by atoms with E-state index in [0.717, 1.165) is 17.0 Å². The number of carbonyl (C=O) groups excluding carboxylic acids is 1. The average Bonchev–Trinajstić information content (AvgIpc) is 3.01. The molecule has 1 aliphatic rings. The van der Waals surface area contributed by atoms with Gasteiger partial charge in [0.2, 0.25) is 10.0 Å². The van der Waals surface area contributed by atoms with Crippen molar-refractivity contribution in [3.63, 3.8) is 0 Å². The highest BCUT2D eigenvalue weighted by molar-refractivity contribution is 7.89. The minimum Gasteiger partial charge on any atom is -0.497 e. The second kappa shape index (κ2) is 12.9. The number of amides is 1. The third kappa shape index (κ3) is 6.87. The molecule has 1 amide bonds. The molecule has 4 aromatic rings. The number of carbonyl (C=O) groups is 1. The van der Waals surface area contributed by atoms with Crippen LogP contribution in [0.1, 0.15) is 28.9 Å². The van der Waals surface area contributed by atoms with Crippen LogP contribution < -0.4 is 24.6 Å². The van der Waals surface area contributed by atoms with Crippen molar-refractivity contribution in [1.29, 1.82) is 0 Å². The molecule has 1 fully saturated rings. The Bertz CT molecular complexity index is 1640. The third-order valence-corrected chi connectivity index (χ3v) is 9.09. The van der Waals surface area contributed by atoms with Gasteiger partial charge in [-0.3, -0.25) is 4.79 Å². The van der Waals surface area contributed by atoms with Crippen LogP contribution in [0.5, 0.6) is 5.75 Å². The second-order valence-corrected chi connectivity index (χ2v) is 12.2. The summed E-state index contributed by atoms with van der Waals surface area (Å²) in [5, 5.41) is 3.26. The molecule has 0 unspecified atom stereocenters. The molecule has 1 saturated heterocycles. The fourth-order valence-corrected chi connectivity index (χ4v) is 6.68. The molecule has 8 nitrogen and oxygen atoms in total. The van der Waals surface area contributed by atoms with E-state index < -0.39 is 16.1 Å². The van der Waals surface area contributed by atoms with E-state index in [0.29, 0.717) is 48.1 Å². The SMILES string of the molecule is COc1ccc(N2CCN(c3ccc(NC(=O)c4cccc(Cl)c4)cc3S(=O)(=O)N[C@@H](C)c3ccccc3)CC2)cc1. The van der Waals surface area contributed by atoms with Crippen molar-refractivity contribution in [1.82, 2.24) is 4.72 Å². The highest BCUT2D eigenvalue weighted by Gasteiger charge is 2.27. The molecule has 0 aromatic heterocycles. The molecule has 0 bridgehead atoms. The van der Waals surface area contributed by atoms with Crippen molar-refractivity contribution in [2.24, 2.45) is 0 Å². The van der Waals surface area contributed by atoms with Gasteiger partial charge in [0.15, 0.2) is 0 Å². The van der Waals surface area contributed by atoms with Crippen molar-refractivity contribution in [3.8, 4) is 5.75 Å². The molecule has 218 valence electrons. The van der Waals surface area contributed by atoms with E-state index in [2.05, 4.69) is 19.8 Å². The van der Waals surface area contributed by atoms with Crippen LogP contribution in [0.2, 0.25) is 5.02 Å². The average molecular weight is 605 g/mol. The van der Waals surface area contributed by atoms with Crippen LogP contribution in [0.15, 0.2) is 102 Å². The first-order valence-corrected chi connectivity index (χ1v) is 15.5. The molecule has 1 atom stereocenters. The van der Waals surface area contributed by atoms with Gasteiger partial charge >= 0.3 is 0 Å². The van der Waals surface area contributed by atoms with Gasteiger partial charge in [0.05, 0.1) is 12.8 Å². The predicted octanol–water partition coefficient (Wildman–Crippen LogP) is 5.97. The van der Waals surface area contributed by atoms with E-state index in [1.807, 2.05) is 61.5 Å². The zero-order valence-electron chi connectivity index (χ0n) is 23.5. The summed E-state index contributed by atoms with van der Waals surface area (Å²) in [7, 11) is -2.34. The van der Waals surface area contributed by atoms with E-state index in [-0.39, 0.29) is 10.8 Å². The van der Waals surface area contributed by atoms with E-state index in [4.69, 9.17) is 16.3 Å². The first-order valence-electron chi connectivity index (χ1n) is 13.7. The van der Waals surface area contributed by atoms with Crippen LogP contribution in [-0.2, 0) is 10.0 Å². The third-order valence-electron chi connectivity index (χ3n) is 7.28. The van der Waals surface area contributed by atoms with Gasteiger partial charge in [-0.15, -0.1) is 0 Å². The van der Waals surface area contributed by atoms with Gasteiger partial charge in [0.25, 0.3) is 5.91 Å². The number of methoxy groups -OCH3 is 1. The fourth-order valence-electron chi connectivity index (χ4n) is 5.01. The lowest BCUT2D eigenvalue weighted by atomic mass is 10.1. The zero-order chi connectivity index (χ0) is 29.7. The number of piperazine rings is 1. The predicted molar refractivity (Wildman–Crippen MR) is 168 cm³/mol. The summed E-state index contributed by atoms with van der Waals surface area (Å²) in [6, 6.07) is 28.5. The summed E-state index contributed by atoms with van der Waals surface area (Å²) >= 11 is 6.06. The molecule has 0 aliphatic carbocycles. The van der Waals surface area contributed by atoms with Crippen molar-refractivity contribution >= 4 is 44.6 Å². The van der Waals surface area contributed by atoms with Gasteiger partial charge < -0.3 is 19.9 Å². The monoisotopic (exact) mass is 604 g/mol. The van der Waals surface area contributed by atoms with Crippen LogP contribution >= 0.6 is 11.6 Å². The van der Waals surface area contributed by atoms with Crippen LogP contribution in [0.25, 0.3) is 0 Å². The van der Waals surface area contributed by atoms with E-state index in [9.17, 15) is 13.2 Å². The molecule has 5 rings (SSSR count). The molecular weight excluding hydrogens is 572 g/mol. The van der Waals surface area contributed by atoms with Gasteiger partial charge in [0.1, 0.15) is 10.6 Å². The van der Waals surface area contributed by atoms with Gasteiger partial charge in [-0.05, 0) is 73.2 Å². The molecule has 1 heterocycles. The maximum atomic E-state index is 13.9. The number of rotatable bonds is 9. The lowest BCUT2D eigenvalue weighted by molar-refractivity contribution is 0.102. The van der Waals surface area contributed by atoms with Crippen LogP contribution in [0.4, 0.5) is 17.1 Å². The normalized spacial score (nSPS) is 14.4. The van der Waals surface area contributed by atoms with E-state index >= 15 is 0 Å². The number of hydrogen-bond acceptors (Lipinski definition) is 6. The van der Waals surface area contributed by atoms with Crippen molar-refractivity contribution in [2.45, 2.75) is 17.9 Å². The summed E-state index contributed by atoms with van der Waals surface area (Å²) in [6.07, 6.45) is 0. The van der Waals surface area contributed by atoms with Gasteiger partial charge in [-0.2, -0.15) is 0 Å². The van der Waals surface area contributed by atoms with Gasteiger partial charge in [-0.25, -0.2) is 13.1 Å². The first-order chi connectivity index (χ1) is 20.2. The lowest BCUT2D eigenvalue weighted by Gasteiger charge is -2.38. The first kappa shape index (κ1) is 29.4. The Morgan fingerprint density at radius 2 is 1.55 bits per heavy atom. The molecule has 0 radical (unpaired) electrons. The number of nitrogens with one attached hydrogen (secondary N) is 2. The molecule has 0 spiro atoms. The van der Waals surface area contributed by atoms with Crippen LogP contribution in [-0.4, -0.2) is 47.6 Å². The number of ether oxygens (including phenoxy) is 1.